The second-order valence-electron chi connectivity index (χ2n) is 5.68. The minimum atomic E-state index is 0.200. The van der Waals surface area contributed by atoms with E-state index in [9.17, 15) is 0 Å². The predicted octanol–water partition coefficient (Wildman–Crippen LogP) is 2.28. The molecule has 0 aromatic heterocycles. The van der Waals surface area contributed by atoms with Gasteiger partial charge < -0.3 is 15.4 Å². The molecule has 2 N–H and O–H groups in total. The molecule has 2 rings (SSSR count). The van der Waals surface area contributed by atoms with Crippen molar-refractivity contribution in [1.82, 2.24) is 10.6 Å². The van der Waals surface area contributed by atoms with E-state index >= 15 is 0 Å². The number of benzene rings is 1. The first-order valence-corrected chi connectivity index (χ1v) is 7.33. The van der Waals surface area contributed by atoms with E-state index in [1.807, 2.05) is 0 Å². The van der Waals surface area contributed by atoms with Crippen LogP contribution in [0.25, 0.3) is 0 Å². The summed E-state index contributed by atoms with van der Waals surface area (Å²) in [5.74, 6) is 0. The maximum atomic E-state index is 5.90. The summed E-state index contributed by atoms with van der Waals surface area (Å²) in [6.07, 6.45) is 1.24. The van der Waals surface area contributed by atoms with Gasteiger partial charge in [-0.15, -0.1) is 0 Å². The van der Waals surface area contributed by atoms with Crippen LogP contribution < -0.4 is 10.6 Å². The zero-order valence-corrected chi connectivity index (χ0v) is 12.3. The van der Waals surface area contributed by atoms with Gasteiger partial charge in [0.25, 0.3) is 0 Å². The second kappa shape index (κ2) is 7.04. The third-order valence-corrected chi connectivity index (χ3v) is 3.58. The van der Waals surface area contributed by atoms with E-state index in [1.165, 1.54) is 11.1 Å². The van der Waals surface area contributed by atoms with Crippen LogP contribution in [-0.4, -0.2) is 31.8 Å². The minimum Gasteiger partial charge on any atom is -0.372 e. The van der Waals surface area contributed by atoms with Gasteiger partial charge in [0.2, 0.25) is 0 Å². The van der Waals surface area contributed by atoms with E-state index in [-0.39, 0.29) is 6.10 Å². The molecule has 19 heavy (non-hydrogen) atoms. The minimum absolute atomic E-state index is 0.200. The maximum Gasteiger partial charge on any atom is 0.0952 e. The molecular formula is C16H26N2O. The van der Waals surface area contributed by atoms with Gasteiger partial charge in [-0.2, -0.15) is 0 Å². The van der Waals surface area contributed by atoms with Crippen molar-refractivity contribution in [3.05, 3.63) is 35.4 Å². The summed E-state index contributed by atoms with van der Waals surface area (Å²) in [5, 5.41) is 7.01. The first-order chi connectivity index (χ1) is 9.16. The number of fused-ring (bicyclic) bond motifs is 1. The van der Waals surface area contributed by atoms with E-state index in [1.54, 1.807) is 0 Å². The van der Waals surface area contributed by atoms with Crippen molar-refractivity contribution in [2.75, 3.05) is 19.7 Å². The monoisotopic (exact) mass is 262 g/mol. The Balaban J connectivity index is 1.84. The average Bonchev–Trinajstić information content (AvgIpc) is 2.42. The Hall–Kier alpha value is -0.900. The molecule has 1 aliphatic rings. The van der Waals surface area contributed by atoms with E-state index in [4.69, 9.17) is 4.74 Å². The van der Waals surface area contributed by atoms with Crippen molar-refractivity contribution in [2.24, 2.45) is 0 Å². The molecular weight excluding hydrogens is 236 g/mol. The summed E-state index contributed by atoms with van der Waals surface area (Å²) in [4.78, 5) is 0. The Bertz CT molecular complexity index is 392. The van der Waals surface area contributed by atoms with E-state index in [0.29, 0.717) is 12.1 Å². The lowest BCUT2D eigenvalue weighted by atomic mass is 9.97. The van der Waals surface area contributed by atoms with Gasteiger partial charge in [0, 0.05) is 25.2 Å². The van der Waals surface area contributed by atoms with Crippen molar-refractivity contribution in [1.29, 1.82) is 0 Å². The van der Waals surface area contributed by atoms with Gasteiger partial charge in [-0.05, 0) is 24.5 Å². The first-order valence-electron chi connectivity index (χ1n) is 7.33. The van der Waals surface area contributed by atoms with Gasteiger partial charge in [0.05, 0.1) is 12.7 Å². The fraction of sp³-hybridized carbons (Fsp3) is 0.625. The Morgan fingerprint density at radius 2 is 2.00 bits per heavy atom. The van der Waals surface area contributed by atoms with E-state index in [0.717, 1.165) is 26.1 Å². The van der Waals surface area contributed by atoms with Crippen molar-refractivity contribution in [2.45, 2.75) is 45.4 Å². The smallest absolute Gasteiger partial charge is 0.0952 e. The third-order valence-electron chi connectivity index (χ3n) is 3.58. The summed E-state index contributed by atoms with van der Waals surface area (Å²) < 4.78 is 5.90. The summed E-state index contributed by atoms with van der Waals surface area (Å²) in [6, 6.07) is 9.62. The Morgan fingerprint density at radius 3 is 2.79 bits per heavy atom. The van der Waals surface area contributed by atoms with Crippen molar-refractivity contribution in [3.63, 3.8) is 0 Å². The molecule has 1 heterocycles. The molecule has 0 radical (unpaired) electrons. The predicted molar refractivity (Wildman–Crippen MR) is 79.4 cm³/mol. The van der Waals surface area contributed by atoms with Crippen LogP contribution in [0.15, 0.2) is 24.3 Å². The molecule has 3 heteroatoms. The molecule has 2 atom stereocenters. The van der Waals surface area contributed by atoms with Crippen LogP contribution >= 0.6 is 0 Å². The molecule has 1 aliphatic heterocycles. The molecule has 0 saturated carbocycles. The number of nitrogens with one attached hydrogen (secondary N) is 2. The lowest BCUT2D eigenvalue weighted by molar-refractivity contribution is 0.0409. The molecule has 1 aromatic rings. The van der Waals surface area contributed by atoms with Crippen molar-refractivity contribution in [3.8, 4) is 0 Å². The van der Waals surface area contributed by atoms with Gasteiger partial charge in [0.15, 0.2) is 0 Å². The molecule has 2 unspecified atom stereocenters. The molecule has 1 aromatic carbocycles. The topological polar surface area (TPSA) is 33.3 Å². The summed E-state index contributed by atoms with van der Waals surface area (Å²) in [6.45, 7) is 9.27. The van der Waals surface area contributed by atoms with Crippen LogP contribution in [0.1, 0.15) is 38.0 Å². The average molecular weight is 262 g/mol. The van der Waals surface area contributed by atoms with Gasteiger partial charge >= 0.3 is 0 Å². The lowest BCUT2D eigenvalue weighted by Crippen LogP contribution is -2.41. The molecule has 0 amide bonds. The highest BCUT2D eigenvalue weighted by molar-refractivity contribution is 5.31. The SMILES string of the molecule is CC(C)NCC(C)NCC1OCCc2ccccc21. The Kier molecular flexibility index (Phi) is 5.37. The number of hydrogen-bond donors (Lipinski definition) is 2. The standard InChI is InChI=1S/C16H26N2O/c1-12(2)17-10-13(3)18-11-16-15-7-5-4-6-14(15)8-9-19-16/h4-7,12-13,16-18H,8-11H2,1-3H3. The van der Waals surface area contributed by atoms with Gasteiger partial charge in [-0.3, -0.25) is 0 Å². The molecule has 0 spiro atoms. The zero-order chi connectivity index (χ0) is 13.7. The quantitative estimate of drug-likeness (QED) is 0.825. The fourth-order valence-electron chi connectivity index (χ4n) is 2.44. The van der Waals surface area contributed by atoms with Gasteiger partial charge in [0.1, 0.15) is 0 Å². The summed E-state index contributed by atoms with van der Waals surface area (Å²) >= 11 is 0. The largest absolute Gasteiger partial charge is 0.372 e. The second-order valence-corrected chi connectivity index (χ2v) is 5.68. The van der Waals surface area contributed by atoms with Crippen LogP contribution in [0.2, 0.25) is 0 Å². The normalized spacial score (nSPS) is 20.3. The highest BCUT2D eigenvalue weighted by Gasteiger charge is 2.20. The van der Waals surface area contributed by atoms with Gasteiger partial charge in [-0.1, -0.05) is 38.1 Å². The van der Waals surface area contributed by atoms with Crippen LogP contribution in [0.3, 0.4) is 0 Å². The van der Waals surface area contributed by atoms with E-state index < -0.39 is 0 Å². The van der Waals surface area contributed by atoms with Crippen LogP contribution in [0, 0.1) is 0 Å². The van der Waals surface area contributed by atoms with Crippen LogP contribution in [0.5, 0.6) is 0 Å². The Morgan fingerprint density at radius 1 is 1.21 bits per heavy atom. The molecule has 0 saturated heterocycles. The van der Waals surface area contributed by atoms with Crippen molar-refractivity contribution < 1.29 is 4.74 Å². The van der Waals surface area contributed by atoms with Crippen molar-refractivity contribution >= 4 is 0 Å². The number of rotatable bonds is 6. The molecule has 0 aliphatic carbocycles. The number of hydrogen-bond acceptors (Lipinski definition) is 3. The highest BCUT2D eigenvalue weighted by atomic mass is 16.5. The molecule has 0 bridgehead atoms. The number of ether oxygens (including phenoxy) is 1. The molecule has 106 valence electrons. The third kappa shape index (κ3) is 4.30. The molecule has 0 fully saturated rings. The maximum absolute atomic E-state index is 5.90. The van der Waals surface area contributed by atoms with Gasteiger partial charge in [-0.25, -0.2) is 0 Å². The lowest BCUT2D eigenvalue weighted by Gasteiger charge is -2.27. The molecule has 3 nitrogen and oxygen atoms in total. The summed E-state index contributed by atoms with van der Waals surface area (Å²) in [5.41, 5.74) is 2.79. The Labute approximate surface area is 116 Å². The van der Waals surface area contributed by atoms with E-state index in [2.05, 4.69) is 55.7 Å². The first kappa shape index (κ1) is 14.5. The van der Waals surface area contributed by atoms with Crippen LogP contribution in [0.4, 0.5) is 0 Å². The zero-order valence-electron chi connectivity index (χ0n) is 12.3. The van der Waals surface area contributed by atoms with Crippen LogP contribution in [-0.2, 0) is 11.2 Å². The summed E-state index contributed by atoms with van der Waals surface area (Å²) in [7, 11) is 0. The fourth-order valence-corrected chi connectivity index (χ4v) is 2.44. The highest BCUT2D eigenvalue weighted by Crippen LogP contribution is 2.26.